The number of rotatable bonds is 5. The molecule has 6 nitrogen and oxygen atoms in total. The summed E-state index contributed by atoms with van der Waals surface area (Å²) in [5.41, 5.74) is 1.19. The largest absolute Gasteiger partial charge is 0.356 e. The first-order chi connectivity index (χ1) is 14.7. The van der Waals surface area contributed by atoms with Crippen LogP contribution in [0.4, 0.5) is 17.6 Å². The van der Waals surface area contributed by atoms with Gasteiger partial charge >= 0.3 is 0 Å². The van der Waals surface area contributed by atoms with Crippen LogP contribution < -0.4 is 20.4 Å². The highest BCUT2D eigenvalue weighted by molar-refractivity contribution is 7.80. The zero-order chi connectivity index (χ0) is 20.8. The molecule has 0 unspecified atom stereocenters. The van der Waals surface area contributed by atoms with Crippen LogP contribution in [0.25, 0.3) is 0 Å². The number of nitrogens with zero attached hydrogens (tertiary/aromatic N) is 4. The Kier molecular flexibility index (Phi) is 7.00. The van der Waals surface area contributed by atoms with E-state index in [2.05, 4.69) is 45.6 Å². The Balaban J connectivity index is 1.51. The maximum Gasteiger partial charge on any atom is 0.232 e. The molecule has 2 aliphatic rings. The molecular formula is C23H32N6S. The standard InChI is InChI=1S/C23H32N6S/c1-18(19-11-5-4-6-12-19)24-23(30)27-22-25-20(28-13-7-2-3-8-14-28)17-21(26-22)29-15-9-10-16-29/h4-6,11-12,17-18H,2-3,7-10,13-16H2,1H3,(H2,24,25,26,27,30)/t18-/m0/s1. The van der Waals surface area contributed by atoms with E-state index in [0.717, 1.165) is 37.8 Å². The first-order valence-electron chi connectivity index (χ1n) is 11.2. The summed E-state index contributed by atoms with van der Waals surface area (Å²) in [7, 11) is 0. The molecular weight excluding hydrogens is 392 g/mol. The molecule has 2 saturated heterocycles. The van der Waals surface area contributed by atoms with Gasteiger partial charge in [0.25, 0.3) is 0 Å². The molecule has 0 radical (unpaired) electrons. The van der Waals surface area contributed by atoms with Crippen molar-refractivity contribution in [3.8, 4) is 0 Å². The molecule has 2 fully saturated rings. The van der Waals surface area contributed by atoms with Crippen molar-refractivity contribution in [3.63, 3.8) is 0 Å². The van der Waals surface area contributed by atoms with Gasteiger partial charge in [0, 0.05) is 32.2 Å². The Labute approximate surface area is 185 Å². The Morgan fingerprint density at radius 3 is 1.97 bits per heavy atom. The van der Waals surface area contributed by atoms with Gasteiger partial charge in [0.15, 0.2) is 5.11 Å². The molecule has 1 atom stereocenters. The van der Waals surface area contributed by atoms with Gasteiger partial charge in [-0.05, 0) is 50.4 Å². The maximum atomic E-state index is 5.58. The second kappa shape index (κ2) is 10.1. The molecule has 4 rings (SSSR count). The summed E-state index contributed by atoms with van der Waals surface area (Å²) in [5, 5.41) is 7.15. The van der Waals surface area contributed by atoms with E-state index in [1.54, 1.807) is 0 Å². The average molecular weight is 425 g/mol. The Morgan fingerprint density at radius 2 is 1.40 bits per heavy atom. The molecule has 1 aromatic carbocycles. The van der Waals surface area contributed by atoms with Crippen LogP contribution >= 0.6 is 12.2 Å². The smallest absolute Gasteiger partial charge is 0.232 e. The van der Waals surface area contributed by atoms with E-state index in [0.29, 0.717) is 11.1 Å². The van der Waals surface area contributed by atoms with Crippen LogP contribution in [-0.2, 0) is 0 Å². The molecule has 1 aromatic heterocycles. The fourth-order valence-corrected chi connectivity index (χ4v) is 4.48. The number of hydrogen-bond donors (Lipinski definition) is 2. The number of aromatic nitrogens is 2. The molecule has 0 aliphatic carbocycles. The molecule has 2 aliphatic heterocycles. The zero-order valence-corrected chi connectivity index (χ0v) is 18.6. The van der Waals surface area contributed by atoms with Crippen LogP contribution in [0.3, 0.4) is 0 Å². The number of benzene rings is 1. The Bertz CT molecular complexity index is 829. The van der Waals surface area contributed by atoms with Crippen molar-refractivity contribution >= 4 is 34.9 Å². The molecule has 0 spiro atoms. The SMILES string of the molecule is C[C@H](NC(=S)Nc1nc(N2CCCCCC2)cc(N2CCCC2)n1)c1ccccc1. The summed E-state index contributed by atoms with van der Waals surface area (Å²) in [5.74, 6) is 2.59. The van der Waals surface area contributed by atoms with Crippen molar-refractivity contribution in [2.24, 2.45) is 0 Å². The second-order valence-electron chi connectivity index (χ2n) is 8.23. The van der Waals surface area contributed by atoms with Crippen molar-refractivity contribution in [2.75, 3.05) is 41.3 Å². The first-order valence-corrected chi connectivity index (χ1v) is 11.6. The van der Waals surface area contributed by atoms with E-state index in [9.17, 15) is 0 Å². The Hall–Kier alpha value is -2.41. The van der Waals surface area contributed by atoms with Gasteiger partial charge in [0.2, 0.25) is 5.95 Å². The molecule has 2 aromatic rings. The van der Waals surface area contributed by atoms with Crippen molar-refractivity contribution in [3.05, 3.63) is 42.0 Å². The molecule has 0 amide bonds. The summed E-state index contributed by atoms with van der Waals surface area (Å²) >= 11 is 5.58. The minimum Gasteiger partial charge on any atom is -0.356 e. The van der Waals surface area contributed by atoms with Gasteiger partial charge in [-0.3, -0.25) is 0 Å². The lowest BCUT2D eigenvalue weighted by Gasteiger charge is -2.25. The van der Waals surface area contributed by atoms with E-state index in [1.807, 2.05) is 18.2 Å². The van der Waals surface area contributed by atoms with Crippen LogP contribution in [-0.4, -0.2) is 41.3 Å². The summed E-state index contributed by atoms with van der Waals surface area (Å²) in [6.07, 6.45) is 7.50. The highest BCUT2D eigenvalue weighted by Crippen LogP contribution is 2.26. The third-order valence-electron chi connectivity index (χ3n) is 5.93. The van der Waals surface area contributed by atoms with Gasteiger partial charge in [-0.1, -0.05) is 43.2 Å². The van der Waals surface area contributed by atoms with Crippen LogP contribution in [0.2, 0.25) is 0 Å². The van der Waals surface area contributed by atoms with Gasteiger partial charge < -0.3 is 20.4 Å². The summed E-state index contributed by atoms with van der Waals surface area (Å²) in [4.78, 5) is 14.4. The third-order valence-corrected chi connectivity index (χ3v) is 6.15. The lowest BCUT2D eigenvalue weighted by atomic mass is 10.1. The van der Waals surface area contributed by atoms with Gasteiger partial charge in [0.1, 0.15) is 11.6 Å². The monoisotopic (exact) mass is 424 g/mol. The lowest BCUT2D eigenvalue weighted by molar-refractivity contribution is 0.722. The van der Waals surface area contributed by atoms with Crippen LogP contribution in [0, 0.1) is 0 Å². The van der Waals surface area contributed by atoms with Crippen molar-refractivity contribution in [1.29, 1.82) is 0 Å². The van der Waals surface area contributed by atoms with Crippen molar-refractivity contribution in [2.45, 2.75) is 51.5 Å². The maximum absolute atomic E-state index is 5.58. The predicted octanol–water partition coefficient (Wildman–Crippen LogP) is 4.50. The van der Waals surface area contributed by atoms with E-state index in [4.69, 9.17) is 22.2 Å². The van der Waals surface area contributed by atoms with Gasteiger partial charge in [-0.15, -0.1) is 0 Å². The second-order valence-corrected chi connectivity index (χ2v) is 8.64. The number of nitrogens with one attached hydrogen (secondary N) is 2. The van der Waals surface area contributed by atoms with Crippen LogP contribution in [0.5, 0.6) is 0 Å². The van der Waals surface area contributed by atoms with Crippen molar-refractivity contribution < 1.29 is 0 Å². The third kappa shape index (κ3) is 5.39. The van der Waals surface area contributed by atoms with Crippen LogP contribution in [0.1, 0.15) is 57.1 Å². The first kappa shape index (κ1) is 20.8. The Morgan fingerprint density at radius 1 is 0.867 bits per heavy atom. The summed E-state index contributed by atoms with van der Waals surface area (Å²) < 4.78 is 0. The highest BCUT2D eigenvalue weighted by atomic mass is 32.1. The molecule has 3 heterocycles. The highest BCUT2D eigenvalue weighted by Gasteiger charge is 2.19. The molecule has 160 valence electrons. The van der Waals surface area contributed by atoms with E-state index in [1.165, 1.54) is 44.1 Å². The van der Waals surface area contributed by atoms with Gasteiger partial charge in [-0.25, -0.2) is 0 Å². The van der Waals surface area contributed by atoms with E-state index in [-0.39, 0.29) is 6.04 Å². The topological polar surface area (TPSA) is 56.3 Å². The lowest BCUT2D eigenvalue weighted by Crippen LogP contribution is -2.32. The molecule has 30 heavy (non-hydrogen) atoms. The van der Waals surface area contributed by atoms with E-state index < -0.39 is 0 Å². The molecule has 0 bridgehead atoms. The zero-order valence-electron chi connectivity index (χ0n) is 17.8. The number of anilines is 3. The van der Waals surface area contributed by atoms with Gasteiger partial charge in [-0.2, -0.15) is 9.97 Å². The predicted molar refractivity (Wildman–Crippen MR) is 128 cm³/mol. The minimum absolute atomic E-state index is 0.109. The number of hydrogen-bond acceptors (Lipinski definition) is 5. The average Bonchev–Trinajstić information content (AvgIpc) is 3.16. The minimum atomic E-state index is 0.109. The van der Waals surface area contributed by atoms with Crippen molar-refractivity contribution in [1.82, 2.24) is 15.3 Å². The normalized spacial score (nSPS) is 18.0. The summed E-state index contributed by atoms with van der Waals surface area (Å²) in [6, 6.07) is 12.6. The van der Waals surface area contributed by atoms with Crippen LogP contribution in [0.15, 0.2) is 36.4 Å². The van der Waals surface area contributed by atoms with E-state index >= 15 is 0 Å². The fraction of sp³-hybridized carbons (Fsp3) is 0.522. The number of thiocarbonyl (C=S) groups is 1. The fourth-order valence-electron chi connectivity index (χ4n) is 4.21. The molecule has 0 saturated carbocycles. The molecule has 7 heteroatoms. The quantitative estimate of drug-likeness (QED) is 0.685. The summed E-state index contributed by atoms with van der Waals surface area (Å²) in [6.45, 7) is 6.34. The molecule has 2 N–H and O–H groups in total. The van der Waals surface area contributed by atoms with Gasteiger partial charge in [0.05, 0.1) is 6.04 Å².